The maximum Gasteiger partial charge on any atom is 0.238 e. The smallest absolute Gasteiger partial charge is 0.238 e. The van der Waals surface area contributed by atoms with E-state index in [9.17, 15) is 9.59 Å². The fourth-order valence-corrected chi connectivity index (χ4v) is 1.23. The van der Waals surface area contributed by atoms with Crippen molar-refractivity contribution in [3.8, 4) is 0 Å². The summed E-state index contributed by atoms with van der Waals surface area (Å²) in [6.07, 6.45) is 0. The highest BCUT2D eigenvalue weighted by Gasteiger charge is 2.02. The molecule has 2 N–H and O–H groups in total. The Kier molecular flexibility index (Phi) is 4.66. The van der Waals surface area contributed by atoms with E-state index in [1.807, 2.05) is 6.92 Å². The van der Waals surface area contributed by atoms with Gasteiger partial charge in [-0.15, -0.1) is 0 Å². The largest absolute Gasteiger partial charge is 0.325 e. The van der Waals surface area contributed by atoms with Crippen LogP contribution in [0.25, 0.3) is 0 Å². The number of rotatable bonds is 5. The molecule has 4 heteroatoms. The fraction of sp³-hybridized carbons (Fsp3) is 0.333. The van der Waals surface area contributed by atoms with E-state index in [1.165, 1.54) is 6.92 Å². The van der Waals surface area contributed by atoms with Crippen LogP contribution in [-0.2, 0) is 4.79 Å². The Bertz CT molecular complexity index is 371. The first-order chi connectivity index (χ1) is 7.63. The van der Waals surface area contributed by atoms with E-state index in [1.54, 1.807) is 24.3 Å². The molecule has 0 radical (unpaired) electrons. The number of likely N-dealkylation sites (N-methyl/N-ethyl adjacent to an activating group) is 1. The monoisotopic (exact) mass is 220 g/mol. The second kappa shape index (κ2) is 6.02. The topological polar surface area (TPSA) is 58.2 Å². The normalized spacial score (nSPS) is 9.88. The highest BCUT2D eigenvalue weighted by molar-refractivity contribution is 5.96. The standard InChI is InChI=1S/C12H16N2O2/c1-3-13-8-12(16)14-11-6-4-10(5-7-11)9(2)15/h4-7,13H,3,8H2,1-2H3,(H,14,16). The van der Waals surface area contributed by atoms with Gasteiger partial charge in [-0.2, -0.15) is 0 Å². The van der Waals surface area contributed by atoms with Crippen LogP contribution >= 0.6 is 0 Å². The zero-order chi connectivity index (χ0) is 12.0. The minimum absolute atomic E-state index is 0.0190. The van der Waals surface area contributed by atoms with Gasteiger partial charge in [0.2, 0.25) is 5.91 Å². The van der Waals surface area contributed by atoms with Gasteiger partial charge in [-0.1, -0.05) is 6.92 Å². The zero-order valence-corrected chi connectivity index (χ0v) is 9.54. The van der Waals surface area contributed by atoms with Crippen LogP contribution in [0.4, 0.5) is 5.69 Å². The molecule has 16 heavy (non-hydrogen) atoms. The molecule has 1 aromatic rings. The summed E-state index contributed by atoms with van der Waals surface area (Å²) in [5.41, 5.74) is 1.34. The number of carbonyl (C=O) groups is 2. The summed E-state index contributed by atoms with van der Waals surface area (Å²) in [7, 11) is 0. The Balaban J connectivity index is 2.55. The third kappa shape index (κ3) is 3.82. The first-order valence-corrected chi connectivity index (χ1v) is 5.25. The van der Waals surface area contributed by atoms with Gasteiger partial charge in [-0.3, -0.25) is 9.59 Å². The van der Waals surface area contributed by atoms with Gasteiger partial charge in [0.05, 0.1) is 6.54 Å². The number of nitrogens with one attached hydrogen (secondary N) is 2. The predicted octanol–water partition coefficient (Wildman–Crippen LogP) is 1.44. The quantitative estimate of drug-likeness (QED) is 0.738. The van der Waals surface area contributed by atoms with Crippen LogP contribution in [-0.4, -0.2) is 24.8 Å². The molecule has 4 nitrogen and oxygen atoms in total. The van der Waals surface area contributed by atoms with Crippen LogP contribution in [0, 0.1) is 0 Å². The van der Waals surface area contributed by atoms with Crippen molar-refractivity contribution in [1.29, 1.82) is 0 Å². The Morgan fingerprint density at radius 3 is 2.31 bits per heavy atom. The number of hydrogen-bond acceptors (Lipinski definition) is 3. The number of hydrogen-bond donors (Lipinski definition) is 2. The van der Waals surface area contributed by atoms with E-state index in [4.69, 9.17) is 0 Å². The summed E-state index contributed by atoms with van der Waals surface area (Å²) < 4.78 is 0. The van der Waals surface area contributed by atoms with Crippen molar-refractivity contribution in [2.24, 2.45) is 0 Å². The van der Waals surface area contributed by atoms with Crippen LogP contribution in [0.2, 0.25) is 0 Å². The first kappa shape index (κ1) is 12.4. The molecule has 0 aliphatic carbocycles. The van der Waals surface area contributed by atoms with Gasteiger partial charge in [0.15, 0.2) is 5.78 Å². The summed E-state index contributed by atoms with van der Waals surface area (Å²) in [5, 5.41) is 5.66. The number of benzene rings is 1. The van der Waals surface area contributed by atoms with Gasteiger partial charge < -0.3 is 10.6 Å². The summed E-state index contributed by atoms with van der Waals surface area (Å²) in [5.74, 6) is -0.0667. The first-order valence-electron chi connectivity index (χ1n) is 5.25. The van der Waals surface area contributed by atoms with Crippen molar-refractivity contribution in [1.82, 2.24) is 5.32 Å². The van der Waals surface area contributed by atoms with E-state index in [0.29, 0.717) is 17.8 Å². The minimum atomic E-state index is -0.0857. The van der Waals surface area contributed by atoms with Gasteiger partial charge in [0.25, 0.3) is 0 Å². The molecule has 0 aromatic heterocycles. The Morgan fingerprint density at radius 2 is 1.81 bits per heavy atom. The highest BCUT2D eigenvalue weighted by Crippen LogP contribution is 2.09. The highest BCUT2D eigenvalue weighted by atomic mass is 16.2. The maximum atomic E-state index is 11.3. The maximum absolute atomic E-state index is 11.3. The molecule has 0 saturated heterocycles. The van der Waals surface area contributed by atoms with Crippen molar-refractivity contribution >= 4 is 17.4 Å². The fourth-order valence-electron chi connectivity index (χ4n) is 1.23. The zero-order valence-electron chi connectivity index (χ0n) is 9.54. The molecule has 86 valence electrons. The third-order valence-electron chi connectivity index (χ3n) is 2.11. The van der Waals surface area contributed by atoms with Crippen molar-refractivity contribution in [2.45, 2.75) is 13.8 Å². The number of amides is 1. The summed E-state index contributed by atoms with van der Waals surface area (Å²) >= 11 is 0. The molecule has 0 bridgehead atoms. The number of anilines is 1. The van der Waals surface area contributed by atoms with Crippen LogP contribution in [0.3, 0.4) is 0 Å². The van der Waals surface area contributed by atoms with E-state index in [0.717, 1.165) is 6.54 Å². The summed E-state index contributed by atoms with van der Waals surface area (Å²) in [4.78, 5) is 22.4. The molecule has 0 aliphatic heterocycles. The third-order valence-corrected chi connectivity index (χ3v) is 2.11. The number of ketones is 1. The predicted molar refractivity (Wildman–Crippen MR) is 63.6 cm³/mol. The molecule has 0 saturated carbocycles. The van der Waals surface area contributed by atoms with Crippen LogP contribution in [0.5, 0.6) is 0 Å². The van der Waals surface area contributed by atoms with Crippen LogP contribution < -0.4 is 10.6 Å². The van der Waals surface area contributed by atoms with Crippen LogP contribution in [0.1, 0.15) is 24.2 Å². The van der Waals surface area contributed by atoms with Gasteiger partial charge >= 0.3 is 0 Å². The van der Waals surface area contributed by atoms with E-state index in [-0.39, 0.29) is 11.7 Å². The van der Waals surface area contributed by atoms with Gasteiger partial charge in [0, 0.05) is 11.3 Å². The van der Waals surface area contributed by atoms with E-state index >= 15 is 0 Å². The molecular weight excluding hydrogens is 204 g/mol. The van der Waals surface area contributed by atoms with E-state index < -0.39 is 0 Å². The lowest BCUT2D eigenvalue weighted by Gasteiger charge is -2.05. The molecule has 0 unspecified atom stereocenters. The minimum Gasteiger partial charge on any atom is -0.325 e. The van der Waals surface area contributed by atoms with Crippen molar-refractivity contribution in [2.75, 3.05) is 18.4 Å². The van der Waals surface area contributed by atoms with Gasteiger partial charge in [-0.05, 0) is 37.7 Å². The Hall–Kier alpha value is -1.68. The van der Waals surface area contributed by atoms with Crippen molar-refractivity contribution in [3.63, 3.8) is 0 Å². The van der Waals surface area contributed by atoms with Crippen molar-refractivity contribution in [3.05, 3.63) is 29.8 Å². The second-order valence-corrected chi connectivity index (χ2v) is 3.46. The molecule has 1 rings (SSSR count). The molecule has 0 heterocycles. The van der Waals surface area contributed by atoms with Crippen LogP contribution in [0.15, 0.2) is 24.3 Å². The second-order valence-electron chi connectivity index (χ2n) is 3.46. The molecule has 0 aliphatic rings. The van der Waals surface area contributed by atoms with E-state index in [2.05, 4.69) is 10.6 Å². The molecule has 0 spiro atoms. The lowest BCUT2D eigenvalue weighted by molar-refractivity contribution is -0.115. The Labute approximate surface area is 95.0 Å². The molecule has 0 fully saturated rings. The van der Waals surface area contributed by atoms with Crippen molar-refractivity contribution < 1.29 is 9.59 Å². The molecular formula is C12H16N2O2. The number of carbonyl (C=O) groups excluding carboxylic acids is 2. The lowest BCUT2D eigenvalue weighted by Crippen LogP contribution is -2.27. The molecule has 1 aromatic carbocycles. The molecule has 0 atom stereocenters. The Morgan fingerprint density at radius 1 is 1.19 bits per heavy atom. The summed E-state index contributed by atoms with van der Waals surface area (Å²) in [6, 6.07) is 6.84. The average Bonchev–Trinajstić information content (AvgIpc) is 2.27. The number of Topliss-reactive ketones (excluding diaryl/α,β-unsaturated/α-hetero) is 1. The van der Waals surface area contributed by atoms with Gasteiger partial charge in [-0.25, -0.2) is 0 Å². The summed E-state index contributed by atoms with van der Waals surface area (Å²) in [6.45, 7) is 4.51. The molecule has 1 amide bonds. The SMILES string of the molecule is CCNCC(=O)Nc1ccc(C(C)=O)cc1. The average molecular weight is 220 g/mol. The lowest BCUT2D eigenvalue weighted by atomic mass is 10.1. The van der Waals surface area contributed by atoms with Gasteiger partial charge in [0.1, 0.15) is 0 Å².